The van der Waals surface area contributed by atoms with Crippen LogP contribution >= 0.6 is 0 Å². The Morgan fingerprint density at radius 3 is 2.07 bits per heavy atom. The first kappa shape index (κ1) is 14.0. The smallest absolute Gasteiger partial charge is 0.00645 e. The molecule has 0 rings (SSSR count). The molecule has 86 valence electrons. The monoisotopic (exact) mass is 199 g/mol. The molecule has 0 aromatic carbocycles. The van der Waals surface area contributed by atoms with Crippen LogP contribution in [-0.2, 0) is 0 Å². The van der Waals surface area contributed by atoms with E-state index in [0.717, 1.165) is 0 Å². The van der Waals surface area contributed by atoms with Crippen LogP contribution < -0.4 is 5.73 Å². The summed E-state index contributed by atoms with van der Waals surface area (Å²) in [6.07, 6.45) is 10.6. The van der Waals surface area contributed by atoms with Crippen molar-refractivity contribution in [3.05, 3.63) is 0 Å². The molecule has 0 aromatic rings. The third-order valence-electron chi connectivity index (χ3n) is 3.12. The number of rotatable bonds is 9. The van der Waals surface area contributed by atoms with Crippen LogP contribution in [0, 0.1) is 5.92 Å². The van der Waals surface area contributed by atoms with Crippen LogP contribution in [0.2, 0.25) is 0 Å². The van der Waals surface area contributed by atoms with E-state index in [0.29, 0.717) is 12.0 Å². The number of unbranched alkanes of at least 4 members (excludes halogenated alkanes) is 4. The maximum Gasteiger partial charge on any atom is 0.00645 e. The average molecular weight is 199 g/mol. The molecule has 14 heavy (non-hydrogen) atoms. The zero-order chi connectivity index (χ0) is 10.8. The van der Waals surface area contributed by atoms with Gasteiger partial charge in [0.05, 0.1) is 0 Å². The quantitative estimate of drug-likeness (QED) is 0.556. The predicted molar refractivity (Wildman–Crippen MR) is 65.4 cm³/mol. The fraction of sp³-hybridized carbons (Fsp3) is 1.00. The van der Waals surface area contributed by atoms with Gasteiger partial charge >= 0.3 is 0 Å². The molecule has 2 atom stereocenters. The van der Waals surface area contributed by atoms with Crippen molar-refractivity contribution in [2.45, 2.75) is 78.2 Å². The van der Waals surface area contributed by atoms with Crippen LogP contribution in [0.25, 0.3) is 0 Å². The highest BCUT2D eigenvalue weighted by Gasteiger charge is 2.10. The van der Waals surface area contributed by atoms with Gasteiger partial charge in [-0.3, -0.25) is 0 Å². The lowest BCUT2D eigenvalue weighted by Crippen LogP contribution is -2.27. The van der Waals surface area contributed by atoms with Crippen molar-refractivity contribution >= 4 is 0 Å². The van der Waals surface area contributed by atoms with E-state index in [-0.39, 0.29) is 0 Å². The summed E-state index contributed by atoms with van der Waals surface area (Å²) in [5.41, 5.74) is 6.12. The van der Waals surface area contributed by atoms with E-state index in [1.54, 1.807) is 0 Å². The van der Waals surface area contributed by atoms with Crippen LogP contribution in [0.5, 0.6) is 0 Å². The van der Waals surface area contributed by atoms with E-state index in [2.05, 4.69) is 20.8 Å². The summed E-state index contributed by atoms with van der Waals surface area (Å²) in [7, 11) is 0. The lowest BCUT2D eigenvalue weighted by Gasteiger charge is -2.18. The number of nitrogens with two attached hydrogens (primary N) is 1. The molecule has 0 aliphatic heterocycles. The van der Waals surface area contributed by atoms with Crippen LogP contribution in [-0.4, -0.2) is 6.04 Å². The molecule has 1 nitrogen and oxygen atoms in total. The molecule has 1 heteroatoms. The van der Waals surface area contributed by atoms with Crippen molar-refractivity contribution in [2.24, 2.45) is 11.7 Å². The van der Waals surface area contributed by atoms with Crippen molar-refractivity contribution in [1.82, 2.24) is 0 Å². The van der Waals surface area contributed by atoms with E-state index in [9.17, 15) is 0 Å². The summed E-state index contributed by atoms with van der Waals surface area (Å²) in [5.74, 6) is 0.714. The van der Waals surface area contributed by atoms with Gasteiger partial charge in [0.2, 0.25) is 0 Å². The summed E-state index contributed by atoms with van der Waals surface area (Å²) in [6.45, 7) is 6.79. The molecule has 0 saturated carbocycles. The normalized spacial score (nSPS) is 15.4. The topological polar surface area (TPSA) is 26.0 Å². The van der Waals surface area contributed by atoms with Gasteiger partial charge in [-0.1, -0.05) is 59.3 Å². The highest BCUT2D eigenvalue weighted by molar-refractivity contribution is 4.68. The van der Waals surface area contributed by atoms with Gasteiger partial charge in [0, 0.05) is 6.04 Å². The SMILES string of the molecule is CCCCCCCC(N)C(C)CCC. The Labute approximate surface area is 90.5 Å². The second kappa shape index (κ2) is 9.51. The standard InChI is InChI=1S/C13H29N/c1-4-6-7-8-9-11-13(14)12(3)10-5-2/h12-13H,4-11,14H2,1-3H3. The molecule has 0 radical (unpaired) electrons. The summed E-state index contributed by atoms with van der Waals surface area (Å²) < 4.78 is 0. The molecule has 2 N–H and O–H groups in total. The lowest BCUT2D eigenvalue weighted by molar-refractivity contribution is 0.389. The molecule has 0 aliphatic carbocycles. The average Bonchev–Trinajstić information content (AvgIpc) is 2.17. The van der Waals surface area contributed by atoms with Gasteiger partial charge in [0.1, 0.15) is 0 Å². The highest BCUT2D eigenvalue weighted by Crippen LogP contribution is 2.15. The van der Waals surface area contributed by atoms with E-state index in [1.165, 1.54) is 51.4 Å². The summed E-state index contributed by atoms with van der Waals surface area (Å²) in [4.78, 5) is 0. The number of hydrogen-bond donors (Lipinski definition) is 1. The minimum absolute atomic E-state index is 0.441. The Kier molecular flexibility index (Phi) is 9.49. The molecule has 0 amide bonds. The summed E-state index contributed by atoms with van der Waals surface area (Å²) >= 11 is 0. The second-order valence-electron chi connectivity index (χ2n) is 4.63. The van der Waals surface area contributed by atoms with Crippen molar-refractivity contribution in [2.75, 3.05) is 0 Å². The molecule has 0 aliphatic rings. The Morgan fingerprint density at radius 2 is 1.50 bits per heavy atom. The molecule has 0 heterocycles. The molecule has 0 bridgehead atoms. The van der Waals surface area contributed by atoms with Gasteiger partial charge in [0.25, 0.3) is 0 Å². The van der Waals surface area contributed by atoms with Crippen LogP contribution in [0.1, 0.15) is 72.1 Å². The van der Waals surface area contributed by atoms with E-state index in [4.69, 9.17) is 5.73 Å². The number of hydrogen-bond acceptors (Lipinski definition) is 1. The first-order valence-electron chi connectivity index (χ1n) is 6.47. The Balaban J connectivity index is 3.29. The van der Waals surface area contributed by atoms with Gasteiger partial charge < -0.3 is 5.73 Å². The maximum absolute atomic E-state index is 6.12. The van der Waals surface area contributed by atoms with E-state index in [1.807, 2.05) is 0 Å². The Morgan fingerprint density at radius 1 is 0.857 bits per heavy atom. The van der Waals surface area contributed by atoms with Crippen molar-refractivity contribution < 1.29 is 0 Å². The fourth-order valence-corrected chi connectivity index (χ4v) is 1.94. The predicted octanol–water partition coefficient (Wildman–Crippen LogP) is 4.11. The first-order chi connectivity index (χ1) is 6.72. The Hall–Kier alpha value is -0.0400. The van der Waals surface area contributed by atoms with Gasteiger partial charge in [-0.05, 0) is 18.8 Å². The third kappa shape index (κ3) is 7.37. The second-order valence-corrected chi connectivity index (χ2v) is 4.63. The maximum atomic E-state index is 6.12. The largest absolute Gasteiger partial charge is 0.327 e. The lowest BCUT2D eigenvalue weighted by atomic mass is 9.93. The zero-order valence-electron chi connectivity index (χ0n) is 10.4. The van der Waals surface area contributed by atoms with Crippen molar-refractivity contribution in [1.29, 1.82) is 0 Å². The van der Waals surface area contributed by atoms with Crippen LogP contribution in [0.4, 0.5) is 0 Å². The highest BCUT2D eigenvalue weighted by atomic mass is 14.6. The van der Waals surface area contributed by atoms with Gasteiger partial charge in [0.15, 0.2) is 0 Å². The van der Waals surface area contributed by atoms with Crippen molar-refractivity contribution in [3.63, 3.8) is 0 Å². The minimum Gasteiger partial charge on any atom is -0.327 e. The minimum atomic E-state index is 0.441. The molecular weight excluding hydrogens is 170 g/mol. The van der Waals surface area contributed by atoms with Gasteiger partial charge in [-0.15, -0.1) is 0 Å². The molecule has 0 spiro atoms. The summed E-state index contributed by atoms with van der Waals surface area (Å²) in [5, 5.41) is 0. The van der Waals surface area contributed by atoms with E-state index >= 15 is 0 Å². The summed E-state index contributed by atoms with van der Waals surface area (Å²) in [6, 6.07) is 0.441. The molecule has 0 fully saturated rings. The fourth-order valence-electron chi connectivity index (χ4n) is 1.94. The molecule has 0 aromatic heterocycles. The van der Waals surface area contributed by atoms with E-state index < -0.39 is 0 Å². The zero-order valence-corrected chi connectivity index (χ0v) is 10.4. The first-order valence-corrected chi connectivity index (χ1v) is 6.47. The van der Waals surface area contributed by atoms with Crippen molar-refractivity contribution in [3.8, 4) is 0 Å². The van der Waals surface area contributed by atoms with Crippen LogP contribution in [0.15, 0.2) is 0 Å². The third-order valence-corrected chi connectivity index (χ3v) is 3.12. The van der Waals surface area contributed by atoms with Gasteiger partial charge in [-0.2, -0.15) is 0 Å². The van der Waals surface area contributed by atoms with Crippen LogP contribution in [0.3, 0.4) is 0 Å². The molecule has 0 saturated heterocycles. The Bertz CT molecular complexity index is 112. The molecular formula is C13H29N. The van der Waals surface area contributed by atoms with Gasteiger partial charge in [-0.25, -0.2) is 0 Å². The molecule has 2 unspecified atom stereocenters.